The van der Waals surface area contributed by atoms with Crippen molar-refractivity contribution < 1.29 is 4.79 Å². The summed E-state index contributed by atoms with van der Waals surface area (Å²) in [6, 6.07) is 0. The van der Waals surface area contributed by atoms with E-state index in [0.717, 1.165) is 44.7 Å². The lowest BCUT2D eigenvalue weighted by Gasteiger charge is -2.32. The molecule has 1 fully saturated rings. The van der Waals surface area contributed by atoms with Crippen molar-refractivity contribution in [1.29, 1.82) is 0 Å². The second-order valence-electron chi connectivity index (χ2n) is 7.63. The molecule has 1 atom stereocenters. The minimum absolute atomic E-state index is 0.297. The summed E-state index contributed by atoms with van der Waals surface area (Å²) in [6.07, 6.45) is 3.76. The summed E-state index contributed by atoms with van der Waals surface area (Å²) >= 11 is 0. The lowest BCUT2D eigenvalue weighted by Crippen LogP contribution is -2.42. The normalized spacial score (nSPS) is 18.4. The third-order valence-electron chi connectivity index (χ3n) is 5.02. The van der Waals surface area contributed by atoms with Crippen LogP contribution in [0, 0.1) is 25.7 Å². The van der Waals surface area contributed by atoms with Gasteiger partial charge in [-0.05, 0) is 64.1 Å². The Labute approximate surface area is 146 Å². The molecule has 2 heterocycles. The summed E-state index contributed by atoms with van der Waals surface area (Å²) in [5.41, 5.74) is 3.56. The number of likely N-dealkylation sites (tertiary alicyclic amines) is 1. The van der Waals surface area contributed by atoms with Crippen molar-refractivity contribution >= 4 is 5.91 Å². The molecule has 24 heavy (non-hydrogen) atoms. The molecule has 1 saturated heterocycles. The van der Waals surface area contributed by atoms with E-state index in [1.807, 2.05) is 7.05 Å². The van der Waals surface area contributed by atoms with Crippen LogP contribution in [0.25, 0.3) is 0 Å². The van der Waals surface area contributed by atoms with E-state index in [0.29, 0.717) is 24.2 Å². The Morgan fingerprint density at radius 2 is 2.12 bits per heavy atom. The van der Waals surface area contributed by atoms with E-state index < -0.39 is 0 Å². The van der Waals surface area contributed by atoms with Crippen molar-refractivity contribution in [2.75, 3.05) is 26.7 Å². The molecule has 5 nitrogen and oxygen atoms in total. The van der Waals surface area contributed by atoms with Gasteiger partial charge in [-0.1, -0.05) is 13.8 Å². The minimum Gasteiger partial charge on any atom is -0.342 e. The number of carbonyl (C=O) groups is 1. The third kappa shape index (κ3) is 4.82. The Kier molecular flexibility index (Phi) is 6.84. The highest BCUT2D eigenvalue weighted by atomic mass is 16.2. The van der Waals surface area contributed by atoms with Crippen LogP contribution in [0.5, 0.6) is 0 Å². The zero-order valence-corrected chi connectivity index (χ0v) is 16.1. The molecule has 0 unspecified atom stereocenters. The molecule has 0 bridgehead atoms. The molecule has 5 heteroatoms. The molecule has 1 aliphatic heterocycles. The minimum atomic E-state index is 0.297. The molecule has 0 aromatic carbocycles. The molecule has 1 N–H and O–H groups in total. The number of rotatable bonds is 7. The van der Waals surface area contributed by atoms with Gasteiger partial charge in [0.25, 0.3) is 0 Å². The fourth-order valence-corrected chi connectivity index (χ4v) is 3.76. The van der Waals surface area contributed by atoms with Crippen LogP contribution in [0.3, 0.4) is 0 Å². The predicted octanol–water partition coefficient (Wildman–Crippen LogP) is 2.55. The molecule has 136 valence electrons. The van der Waals surface area contributed by atoms with E-state index in [9.17, 15) is 4.79 Å². The Balaban J connectivity index is 1.93. The summed E-state index contributed by atoms with van der Waals surface area (Å²) < 4.78 is 2.10. The summed E-state index contributed by atoms with van der Waals surface area (Å²) in [5, 5.41) is 7.90. The van der Waals surface area contributed by atoms with Gasteiger partial charge < -0.3 is 10.2 Å². The molecule has 1 aromatic rings. The number of amides is 1. The quantitative estimate of drug-likeness (QED) is 0.834. The second-order valence-corrected chi connectivity index (χ2v) is 7.63. The van der Waals surface area contributed by atoms with Crippen LogP contribution >= 0.6 is 0 Å². The van der Waals surface area contributed by atoms with E-state index in [4.69, 9.17) is 0 Å². The van der Waals surface area contributed by atoms with Crippen LogP contribution in [-0.2, 0) is 17.8 Å². The monoisotopic (exact) mass is 334 g/mol. The smallest absolute Gasteiger partial charge is 0.222 e. The molecule has 0 saturated carbocycles. The summed E-state index contributed by atoms with van der Waals surface area (Å²) in [5.74, 6) is 1.48. The molecular formula is C19H34N4O. The van der Waals surface area contributed by atoms with E-state index in [2.05, 4.69) is 47.7 Å². The topological polar surface area (TPSA) is 50.2 Å². The number of hydrogen-bond acceptors (Lipinski definition) is 3. The van der Waals surface area contributed by atoms with Gasteiger partial charge in [0, 0.05) is 31.7 Å². The molecule has 0 aliphatic carbocycles. The van der Waals surface area contributed by atoms with Crippen LogP contribution in [0.4, 0.5) is 0 Å². The van der Waals surface area contributed by atoms with Gasteiger partial charge >= 0.3 is 0 Å². The van der Waals surface area contributed by atoms with E-state index >= 15 is 0 Å². The number of nitrogens with one attached hydrogen (secondary N) is 1. The number of piperidine rings is 1. The Morgan fingerprint density at radius 1 is 1.38 bits per heavy atom. The molecule has 1 aliphatic rings. The fourth-order valence-electron chi connectivity index (χ4n) is 3.76. The van der Waals surface area contributed by atoms with Gasteiger partial charge in [-0.2, -0.15) is 5.10 Å². The van der Waals surface area contributed by atoms with Crippen LogP contribution in [0.15, 0.2) is 0 Å². The lowest BCUT2D eigenvalue weighted by atomic mass is 9.97. The SMILES string of the molecule is CNC[C@H]1CCCN(C(=O)CCc2c(C)nn(CC(C)C)c2C)C1. The van der Waals surface area contributed by atoms with Gasteiger partial charge in [-0.15, -0.1) is 0 Å². The van der Waals surface area contributed by atoms with Crippen LogP contribution in [0.2, 0.25) is 0 Å². The molecule has 0 radical (unpaired) electrons. The van der Waals surface area contributed by atoms with Gasteiger partial charge in [0.05, 0.1) is 5.69 Å². The van der Waals surface area contributed by atoms with Crippen LogP contribution in [-0.4, -0.2) is 47.3 Å². The van der Waals surface area contributed by atoms with Crippen molar-refractivity contribution in [3.8, 4) is 0 Å². The van der Waals surface area contributed by atoms with Crippen molar-refractivity contribution in [1.82, 2.24) is 20.0 Å². The maximum absolute atomic E-state index is 12.6. The first-order valence-corrected chi connectivity index (χ1v) is 9.37. The van der Waals surface area contributed by atoms with Crippen molar-refractivity contribution in [2.45, 2.75) is 59.9 Å². The zero-order valence-electron chi connectivity index (χ0n) is 16.1. The number of aromatic nitrogens is 2. The largest absolute Gasteiger partial charge is 0.342 e. The maximum atomic E-state index is 12.6. The lowest BCUT2D eigenvalue weighted by molar-refractivity contribution is -0.132. The number of carbonyl (C=O) groups excluding carboxylic acids is 1. The highest BCUT2D eigenvalue weighted by molar-refractivity contribution is 5.76. The first-order valence-electron chi connectivity index (χ1n) is 9.37. The molecule has 0 spiro atoms. The van der Waals surface area contributed by atoms with E-state index in [1.54, 1.807) is 0 Å². The summed E-state index contributed by atoms with van der Waals surface area (Å²) in [4.78, 5) is 14.7. The first-order chi connectivity index (χ1) is 11.4. The maximum Gasteiger partial charge on any atom is 0.222 e. The number of nitrogens with zero attached hydrogens (tertiary/aromatic N) is 3. The van der Waals surface area contributed by atoms with E-state index in [1.165, 1.54) is 17.7 Å². The molecular weight excluding hydrogens is 300 g/mol. The number of aryl methyl sites for hydroxylation is 1. The van der Waals surface area contributed by atoms with Crippen LogP contribution in [0.1, 0.15) is 50.1 Å². The Morgan fingerprint density at radius 3 is 2.79 bits per heavy atom. The average Bonchev–Trinajstić information content (AvgIpc) is 2.79. The van der Waals surface area contributed by atoms with Gasteiger partial charge in [0.1, 0.15) is 0 Å². The predicted molar refractivity (Wildman–Crippen MR) is 98.1 cm³/mol. The van der Waals surface area contributed by atoms with Crippen molar-refractivity contribution in [3.05, 3.63) is 17.0 Å². The number of hydrogen-bond donors (Lipinski definition) is 1. The summed E-state index contributed by atoms with van der Waals surface area (Å²) in [6.45, 7) is 12.4. The highest BCUT2D eigenvalue weighted by Gasteiger charge is 2.23. The van der Waals surface area contributed by atoms with Gasteiger partial charge in [-0.25, -0.2) is 0 Å². The standard InChI is InChI=1S/C19H34N4O/c1-14(2)12-23-16(4)18(15(3)21-23)8-9-19(24)22-10-6-7-17(13-22)11-20-5/h14,17,20H,6-13H2,1-5H3/t17-/m1/s1. The van der Waals surface area contributed by atoms with Crippen molar-refractivity contribution in [2.24, 2.45) is 11.8 Å². The zero-order chi connectivity index (χ0) is 17.7. The second kappa shape index (κ2) is 8.65. The van der Waals surface area contributed by atoms with Gasteiger partial charge in [0.2, 0.25) is 5.91 Å². The Bertz CT molecular complexity index is 548. The van der Waals surface area contributed by atoms with E-state index in [-0.39, 0.29) is 0 Å². The van der Waals surface area contributed by atoms with Gasteiger partial charge in [0.15, 0.2) is 0 Å². The third-order valence-corrected chi connectivity index (χ3v) is 5.02. The van der Waals surface area contributed by atoms with Crippen LogP contribution < -0.4 is 5.32 Å². The fraction of sp³-hybridized carbons (Fsp3) is 0.789. The average molecular weight is 335 g/mol. The Hall–Kier alpha value is -1.36. The molecule has 1 amide bonds. The summed E-state index contributed by atoms with van der Waals surface area (Å²) in [7, 11) is 1.99. The first kappa shape index (κ1) is 19.0. The van der Waals surface area contributed by atoms with Crippen molar-refractivity contribution in [3.63, 3.8) is 0 Å². The molecule has 1 aromatic heterocycles. The van der Waals surface area contributed by atoms with Gasteiger partial charge in [-0.3, -0.25) is 9.48 Å². The molecule has 2 rings (SSSR count). The highest BCUT2D eigenvalue weighted by Crippen LogP contribution is 2.20.